The van der Waals surface area contributed by atoms with Crippen molar-refractivity contribution in [3.8, 4) is 0 Å². The first-order valence-electron chi connectivity index (χ1n) is 4.13. The number of amides is 1. The predicted octanol–water partition coefficient (Wildman–Crippen LogP) is 0.662. The summed E-state index contributed by atoms with van der Waals surface area (Å²) in [5.74, 6) is -1.10. The van der Waals surface area contributed by atoms with E-state index in [2.05, 4.69) is 0 Å². The predicted molar refractivity (Wildman–Crippen MR) is 46.8 cm³/mol. The summed E-state index contributed by atoms with van der Waals surface area (Å²) in [4.78, 5) is 13.7. The second kappa shape index (κ2) is 5.85. The molecule has 0 aromatic carbocycles. The van der Waals surface area contributed by atoms with Crippen LogP contribution in [-0.2, 0) is 4.79 Å². The molecule has 0 N–H and O–H groups in total. The molecule has 0 aliphatic rings. The zero-order chi connectivity index (χ0) is 10.4. The van der Waals surface area contributed by atoms with Crippen molar-refractivity contribution in [3.63, 3.8) is 0 Å². The van der Waals surface area contributed by atoms with E-state index in [4.69, 9.17) is 0 Å². The summed E-state index contributed by atoms with van der Waals surface area (Å²) >= 11 is 0. The van der Waals surface area contributed by atoms with Crippen LogP contribution in [0.1, 0.15) is 6.42 Å². The lowest BCUT2D eigenvalue weighted by molar-refractivity contribution is -0.141. The van der Waals surface area contributed by atoms with Crippen LogP contribution in [0.4, 0.5) is 8.78 Å². The molecule has 0 radical (unpaired) electrons. The van der Waals surface area contributed by atoms with Gasteiger partial charge in [0, 0.05) is 13.6 Å². The number of hydrogen-bond donors (Lipinski definition) is 0. The number of rotatable bonds is 5. The lowest BCUT2D eigenvalue weighted by Crippen LogP contribution is -2.34. The van der Waals surface area contributed by atoms with Gasteiger partial charge in [-0.25, -0.2) is 0 Å². The van der Waals surface area contributed by atoms with E-state index in [1.54, 1.807) is 0 Å². The van der Waals surface area contributed by atoms with Crippen LogP contribution < -0.4 is 0 Å². The maximum atomic E-state index is 11.9. The summed E-state index contributed by atoms with van der Waals surface area (Å²) in [6.07, 6.45) is -2.17. The Kier molecular flexibility index (Phi) is 5.53. The van der Waals surface area contributed by atoms with Gasteiger partial charge >= 0.3 is 6.43 Å². The van der Waals surface area contributed by atoms with E-state index in [0.29, 0.717) is 13.0 Å². The van der Waals surface area contributed by atoms with E-state index in [9.17, 15) is 13.6 Å². The van der Waals surface area contributed by atoms with Gasteiger partial charge in [-0.15, -0.1) is 0 Å². The molecule has 0 saturated carbocycles. The highest BCUT2D eigenvalue weighted by Gasteiger charge is 2.19. The number of halogens is 2. The van der Waals surface area contributed by atoms with Gasteiger partial charge in [0.2, 0.25) is 0 Å². The first-order valence-corrected chi connectivity index (χ1v) is 4.13. The van der Waals surface area contributed by atoms with Crippen molar-refractivity contribution < 1.29 is 13.6 Å². The number of carbonyl (C=O) groups excluding carboxylic acids is 1. The molecular weight excluding hydrogens is 178 g/mol. The molecule has 0 bridgehead atoms. The fourth-order valence-electron chi connectivity index (χ4n) is 0.901. The average molecular weight is 194 g/mol. The molecule has 0 atom stereocenters. The summed E-state index contributed by atoms with van der Waals surface area (Å²) in [5.41, 5.74) is 0. The van der Waals surface area contributed by atoms with Crippen LogP contribution in [0.25, 0.3) is 0 Å². The third kappa shape index (κ3) is 5.52. The smallest absolute Gasteiger partial charge is 0.315 e. The van der Waals surface area contributed by atoms with Gasteiger partial charge in [0.25, 0.3) is 5.91 Å². The molecule has 0 aromatic rings. The minimum atomic E-state index is -2.88. The Morgan fingerprint density at radius 1 is 1.23 bits per heavy atom. The van der Waals surface area contributed by atoms with Crippen molar-refractivity contribution in [1.29, 1.82) is 0 Å². The lowest BCUT2D eigenvalue weighted by Gasteiger charge is -2.17. The zero-order valence-corrected chi connectivity index (χ0v) is 8.26. The molecule has 3 nitrogen and oxygen atoms in total. The topological polar surface area (TPSA) is 23.6 Å². The fraction of sp³-hybridized carbons (Fsp3) is 0.875. The van der Waals surface area contributed by atoms with Crippen LogP contribution in [0, 0.1) is 0 Å². The molecule has 0 aromatic heterocycles. The van der Waals surface area contributed by atoms with Gasteiger partial charge in [0.05, 0.1) is 0 Å². The van der Waals surface area contributed by atoms with Gasteiger partial charge in [0.15, 0.2) is 0 Å². The number of nitrogens with zero attached hydrogens (tertiary/aromatic N) is 2. The van der Waals surface area contributed by atoms with E-state index >= 15 is 0 Å². The Balaban J connectivity index is 3.62. The first-order chi connectivity index (χ1) is 5.95. The van der Waals surface area contributed by atoms with Gasteiger partial charge in [-0.2, -0.15) is 8.78 Å². The van der Waals surface area contributed by atoms with E-state index in [0.717, 1.165) is 11.4 Å². The Morgan fingerprint density at radius 3 is 2.15 bits per heavy atom. The third-order valence-corrected chi connectivity index (χ3v) is 1.66. The van der Waals surface area contributed by atoms with Crippen LogP contribution in [0.15, 0.2) is 0 Å². The van der Waals surface area contributed by atoms with Crippen LogP contribution >= 0.6 is 0 Å². The molecule has 13 heavy (non-hydrogen) atoms. The van der Waals surface area contributed by atoms with Crippen molar-refractivity contribution >= 4 is 5.91 Å². The minimum Gasteiger partial charge on any atom is -0.341 e. The summed E-state index contributed by atoms with van der Waals surface area (Å²) in [5, 5.41) is 0. The second-order valence-corrected chi connectivity index (χ2v) is 3.22. The maximum absolute atomic E-state index is 11.9. The van der Waals surface area contributed by atoms with E-state index < -0.39 is 12.3 Å². The van der Waals surface area contributed by atoms with E-state index in [1.807, 2.05) is 19.0 Å². The standard InChI is InChI=1S/C8H16F2N2O/c1-11(2)5-4-6-12(3)8(13)7(9)10/h7H,4-6H2,1-3H3. The molecule has 0 fully saturated rings. The molecule has 0 saturated heterocycles. The van der Waals surface area contributed by atoms with Gasteiger partial charge in [-0.05, 0) is 27.1 Å². The number of carbonyl (C=O) groups is 1. The SMILES string of the molecule is CN(C)CCCN(C)C(=O)C(F)F. The fourth-order valence-corrected chi connectivity index (χ4v) is 0.901. The van der Waals surface area contributed by atoms with Crippen LogP contribution in [0.3, 0.4) is 0 Å². The highest BCUT2D eigenvalue weighted by molar-refractivity contribution is 5.78. The van der Waals surface area contributed by atoms with Gasteiger partial charge in [-0.1, -0.05) is 0 Å². The molecule has 5 heteroatoms. The molecule has 0 heterocycles. The number of hydrogen-bond acceptors (Lipinski definition) is 2. The first kappa shape index (κ1) is 12.3. The summed E-state index contributed by atoms with van der Waals surface area (Å²) in [6, 6.07) is 0. The Bertz CT molecular complexity index is 162. The van der Waals surface area contributed by atoms with E-state index in [-0.39, 0.29) is 0 Å². The number of alkyl halides is 2. The summed E-state index contributed by atoms with van der Waals surface area (Å²) < 4.78 is 23.7. The van der Waals surface area contributed by atoms with Crippen molar-refractivity contribution in [2.75, 3.05) is 34.2 Å². The Hall–Kier alpha value is -0.710. The maximum Gasteiger partial charge on any atom is 0.315 e. The van der Waals surface area contributed by atoms with Crippen LogP contribution in [0.5, 0.6) is 0 Å². The average Bonchev–Trinajstić information content (AvgIpc) is 2.02. The molecule has 0 rings (SSSR count). The minimum absolute atomic E-state index is 0.376. The third-order valence-electron chi connectivity index (χ3n) is 1.66. The molecule has 0 aliphatic heterocycles. The van der Waals surface area contributed by atoms with E-state index in [1.165, 1.54) is 7.05 Å². The summed E-state index contributed by atoms with van der Waals surface area (Å²) in [7, 11) is 5.19. The van der Waals surface area contributed by atoms with Crippen LogP contribution in [-0.4, -0.2) is 56.4 Å². The summed E-state index contributed by atoms with van der Waals surface area (Å²) in [6.45, 7) is 1.17. The van der Waals surface area contributed by atoms with Gasteiger partial charge < -0.3 is 9.80 Å². The van der Waals surface area contributed by atoms with Crippen molar-refractivity contribution in [2.24, 2.45) is 0 Å². The van der Waals surface area contributed by atoms with Crippen molar-refractivity contribution in [3.05, 3.63) is 0 Å². The largest absolute Gasteiger partial charge is 0.341 e. The van der Waals surface area contributed by atoms with Crippen molar-refractivity contribution in [1.82, 2.24) is 9.80 Å². The normalized spacial score (nSPS) is 11.0. The Labute approximate surface area is 77.3 Å². The Morgan fingerprint density at radius 2 is 1.77 bits per heavy atom. The van der Waals surface area contributed by atoms with Gasteiger partial charge in [0.1, 0.15) is 0 Å². The monoisotopic (exact) mass is 194 g/mol. The highest BCUT2D eigenvalue weighted by atomic mass is 19.3. The molecule has 0 aliphatic carbocycles. The highest BCUT2D eigenvalue weighted by Crippen LogP contribution is 1.99. The quantitative estimate of drug-likeness (QED) is 0.642. The molecule has 0 unspecified atom stereocenters. The van der Waals surface area contributed by atoms with Crippen LogP contribution in [0.2, 0.25) is 0 Å². The second-order valence-electron chi connectivity index (χ2n) is 3.22. The van der Waals surface area contributed by atoms with Gasteiger partial charge in [-0.3, -0.25) is 4.79 Å². The van der Waals surface area contributed by atoms with Crippen molar-refractivity contribution in [2.45, 2.75) is 12.8 Å². The molecule has 1 amide bonds. The molecule has 0 spiro atoms. The molecule has 78 valence electrons. The molecular formula is C8H16F2N2O. The zero-order valence-electron chi connectivity index (χ0n) is 8.26. The lowest BCUT2D eigenvalue weighted by atomic mass is 10.3.